The molecule has 0 radical (unpaired) electrons. The molecule has 4 nitrogen and oxygen atoms in total. The third-order valence-electron chi connectivity index (χ3n) is 2.09. The van der Waals surface area contributed by atoms with Gasteiger partial charge in [-0.1, -0.05) is 18.2 Å². The quantitative estimate of drug-likeness (QED) is 0.760. The van der Waals surface area contributed by atoms with Gasteiger partial charge in [0.25, 0.3) is 0 Å². The Balaban J connectivity index is 2.29. The molecule has 1 heterocycles. The zero-order valence-electron chi connectivity index (χ0n) is 8.47. The first-order chi connectivity index (χ1) is 7.31. The Morgan fingerprint density at radius 1 is 1.27 bits per heavy atom. The molecule has 1 aromatic carbocycles. The second-order valence-corrected chi connectivity index (χ2v) is 3.13. The van der Waals surface area contributed by atoms with Crippen molar-refractivity contribution < 1.29 is 4.74 Å². The van der Waals surface area contributed by atoms with Crippen LogP contribution in [0.4, 0.5) is 5.69 Å². The van der Waals surface area contributed by atoms with E-state index in [-0.39, 0.29) is 0 Å². The van der Waals surface area contributed by atoms with Crippen molar-refractivity contribution in [1.29, 1.82) is 0 Å². The van der Waals surface area contributed by atoms with Crippen LogP contribution < -0.4 is 16.2 Å². The summed E-state index contributed by atoms with van der Waals surface area (Å²) in [7, 11) is 1.61. The molecule has 0 bridgehead atoms. The SMILES string of the molecule is COC1=CC(N)=CNN1c1ccccc1. The fourth-order valence-corrected chi connectivity index (χ4v) is 1.38. The first kappa shape index (κ1) is 9.45. The molecule has 2 rings (SSSR count). The molecular formula is C11H13N3O. The first-order valence-electron chi connectivity index (χ1n) is 4.64. The average Bonchev–Trinajstić information content (AvgIpc) is 2.30. The maximum Gasteiger partial charge on any atom is 0.214 e. The third kappa shape index (κ3) is 1.88. The van der Waals surface area contributed by atoms with E-state index >= 15 is 0 Å². The molecule has 1 aliphatic rings. The van der Waals surface area contributed by atoms with Gasteiger partial charge in [0.05, 0.1) is 18.5 Å². The van der Waals surface area contributed by atoms with Gasteiger partial charge in [-0.25, -0.2) is 5.01 Å². The highest BCUT2D eigenvalue weighted by Crippen LogP contribution is 2.19. The first-order valence-corrected chi connectivity index (χ1v) is 4.64. The monoisotopic (exact) mass is 203 g/mol. The van der Waals surface area contributed by atoms with Gasteiger partial charge < -0.3 is 10.5 Å². The zero-order valence-corrected chi connectivity index (χ0v) is 8.47. The van der Waals surface area contributed by atoms with E-state index in [4.69, 9.17) is 10.5 Å². The van der Waals surface area contributed by atoms with Crippen LogP contribution >= 0.6 is 0 Å². The van der Waals surface area contributed by atoms with Crippen molar-refractivity contribution in [2.45, 2.75) is 0 Å². The van der Waals surface area contributed by atoms with E-state index in [1.165, 1.54) is 0 Å². The van der Waals surface area contributed by atoms with Crippen LogP contribution in [0.1, 0.15) is 0 Å². The van der Waals surface area contributed by atoms with E-state index in [2.05, 4.69) is 5.43 Å². The number of benzene rings is 1. The van der Waals surface area contributed by atoms with E-state index < -0.39 is 0 Å². The Labute approximate surface area is 88.6 Å². The Morgan fingerprint density at radius 3 is 2.67 bits per heavy atom. The molecular weight excluding hydrogens is 190 g/mol. The lowest BCUT2D eigenvalue weighted by Gasteiger charge is -2.28. The lowest BCUT2D eigenvalue weighted by Crippen LogP contribution is -2.37. The summed E-state index contributed by atoms with van der Waals surface area (Å²) in [6, 6.07) is 9.86. The lowest BCUT2D eigenvalue weighted by molar-refractivity contribution is 0.271. The van der Waals surface area contributed by atoms with Gasteiger partial charge >= 0.3 is 0 Å². The van der Waals surface area contributed by atoms with Gasteiger partial charge in [0, 0.05) is 12.3 Å². The highest BCUT2D eigenvalue weighted by atomic mass is 16.5. The fraction of sp³-hybridized carbons (Fsp3) is 0.0909. The molecule has 4 heteroatoms. The lowest BCUT2D eigenvalue weighted by atomic mass is 10.3. The summed E-state index contributed by atoms with van der Waals surface area (Å²) in [5.74, 6) is 0.668. The molecule has 0 aromatic heterocycles. The Hall–Kier alpha value is -2.10. The minimum atomic E-state index is 0.638. The second-order valence-electron chi connectivity index (χ2n) is 3.13. The van der Waals surface area contributed by atoms with Crippen molar-refractivity contribution in [3.8, 4) is 0 Å². The minimum absolute atomic E-state index is 0.638. The molecule has 0 saturated heterocycles. The fourth-order valence-electron chi connectivity index (χ4n) is 1.38. The molecule has 0 aliphatic carbocycles. The summed E-state index contributed by atoms with van der Waals surface area (Å²) in [6.45, 7) is 0. The zero-order chi connectivity index (χ0) is 10.7. The standard InChI is InChI=1S/C11H13N3O/c1-15-11-7-9(12)8-13-14(11)10-5-3-2-4-6-10/h2-8,13H,12H2,1H3. The number of methoxy groups -OCH3 is 1. The van der Waals surface area contributed by atoms with Crippen molar-refractivity contribution in [3.63, 3.8) is 0 Å². The minimum Gasteiger partial charge on any atom is -0.481 e. The largest absolute Gasteiger partial charge is 0.481 e. The van der Waals surface area contributed by atoms with Gasteiger partial charge in [-0.15, -0.1) is 0 Å². The molecule has 0 atom stereocenters. The van der Waals surface area contributed by atoms with E-state index in [0.29, 0.717) is 11.6 Å². The van der Waals surface area contributed by atoms with Gasteiger partial charge in [-0.3, -0.25) is 5.43 Å². The van der Waals surface area contributed by atoms with Crippen LogP contribution in [-0.2, 0) is 4.74 Å². The molecule has 15 heavy (non-hydrogen) atoms. The van der Waals surface area contributed by atoms with Crippen LogP contribution in [-0.4, -0.2) is 7.11 Å². The number of hydrogen-bond donors (Lipinski definition) is 2. The second kappa shape index (κ2) is 3.96. The number of para-hydroxylation sites is 1. The third-order valence-corrected chi connectivity index (χ3v) is 2.09. The summed E-state index contributed by atoms with van der Waals surface area (Å²) in [6.07, 6.45) is 3.49. The summed E-state index contributed by atoms with van der Waals surface area (Å²) < 4.78 is 5.23. The van der Waals surface area contributed by atoms with Crippen molar-refractivity contribution in [1.82, 2.24) is 5.43 Å². The summed E-state index contributed by atoms with van der Waals surface area (Å²) in [5.41, 5.74) is 10.3. The molecule has 3 N–H and O–H groups in total. The van der Waals surface area contributed by atoms with E-state index in [0.717, 1.165) is 5.69 Å². The number of hydrogen-bond acceptors (Lipinski definition) is 4. The van der Waals surface area contributed by atoms with Gasteiger partial charge in [-0.2, -0.15) is 0 Å². The van der Waals surface area contributed by atoms with Crippen LogP contribution in [0.2, 0.25) is 0 Å². The van der Waals surface area contributed by atoms with Crippen LogP contribution in [0.5, 0.6) is 0 Å². The molecule has 0 unspecified atom stereocenters. The molecule has 0 amide bonds. The van der Waals surface area contributed by atoms with Crippen LogP contribution in [0.3, 0.4) is 0 Å². The van der Waals surface area contributed by atoms with E-state index in [1.54, 1.807) is 19.4 Å². The molecule has 1 aliphatic heterocycles. The van der Waals surface area contributed by atoms with Crippen molar-refractivity contribution >= 4 is 5.69 Å². The number of allylic oxidation sites excluding steroid dienone is 1. The molecule has 1 aromatic rings. The number of rotatable bonds is 2. The number of nitrogens with one attached hydrogen (secondary N) is 1. The van der Waals surface area contributed by atoms with Gasteiger partial charge in [0.2, 0.25) is 5.88 Å². The summed E-state index contributed by atoms with van der Waals surface area (Å²) in [4.78, 5) is 0. The maximum atomic E-state index is 5.66. The molecule has 0 spiro atoms. The van der Waals surface area contributed by atoms with Crippen molar-refractivity contribution in [3.05, 3.63) is 54.2 Å². The summed E-state index contributed by atoms with van der Waals surface area (Å²) in [5, 5.41) is 1.82. The number of anilines is 1. The van der Waals surface area contributed by atoms with Gasteiger partial charge in [0.15, 0.2) is 0 Å². The van der Waals surface area contributed by atoms with Crippen LogP contribution in [0, 0.1) is 0 Å². The molecule has 0 fully saturated rings. The normalized spacial score (nSPS) is 15.1. The average molecular weight is 203 g/mol. The van der Waals surface area contributed by atoms with Crippen LogP contribution in [0.25, 0.3) is 0 Å². The topological polar surface area (TPSA) is 50.5 Å². The van der Waals surface area contributed by atoms with E-state index in [1.807, 2.05) is 35.3 Å². The smallest absolute Gasteiger partial charge is 0.214 e. The van der Waals surface area contributed by atoms with Crippen molar-refractivity contribution in [2.75, 3.05) is 12.1 Å². The van der Waals surface area contributed by atoms with Crippen LogP contribution in [0.15, 0.2) is 54.2 Å². The summed E-state index contributed by atoms with van der Waals surface area (Å²) >= 11 is 0. The molecule has 0 saturated carbocycles. The number of nitrogens with two attached hydrogens (primary N) is 1. The van der Waals surface area contributed by atoms with E-state index in [9.17, 15) is 0 Å². The predicted molar refractivity (Wildman–Crippen MR) is 59.4 cm³/mol. The van der Waals surface area contributed by atoms with Gasteiger partial charge in [-0.05, 0) is 12.1 Å². The Morgan fingerprint density at radius 2 is 2.00 bits per heavy atom. The predicted octanol–water partition coefficient (Wildman–Crippen LogP) is 1.30. The number of hydrazine groups is 1. The molecule has 78 valence electrons. The Bertz CT molecular complexity index is 398. The van der Waals surface area contributed by atoms with Crippen molar-refractivity contribution in [2.24, 2.45) is 5.73 Å². The number of nitrogens with zero attached hydrogens (tertiary/aromatic N) is 1. The number of ether oxygens (including phenoxy) is 1. The maximum absolute atomic E-state index is 5.66. The highest BCUT2D eigenvalue weighted by molar-refractivity contribution is 5.51. The highest BCUT2D eigenvalue weighted by Gasteiger charge is 2.14. The van der Waals surface area contributed by atoms with Gasteiger partial charge in [0.1, 0.15) is 0 Å². The Kier molecular flexibility index (Phi) is 2.49.